The molecule has 1 aromatic carbocycles. The number of imide groups is 1. The van der Waals surface area contributed by atoms with Gasteiger partial charge in [0, 0.05) is 45.2 Å². The van der Waals surface area contributed by atoms with Crippen molar-refractivity contribution in [1.82, 2.24) is 24.3 Å². The van der Waals surface area contributed by atoms with Crippen molar-refractivity contribution in [3.8, 4) is 5.82 Å². The smallest absolute Gasteiger partial charge is 0.243 e. The van der Waals surface area contributed by atoms with Crippen LogP contribution in [0.25, 0.3) is 5.82 Å². The van der Waals surface area contributed by atoms with Gasteiger partial charge >= 0.3 is 0 Å². The molecule has 34 heavy (non-hydrogen) atoms. The van der Waals surface area contributed by atoms with E-state index >= 15 is 0 Å². The van der Waals surface area contributed by atoms with Gasteiger partial charge in [0.2, 0.25) is 21.8 Å². The van der Waals surface area contributed by atoms with Crippen molar-refractivity contribution in [2.75, 3.05) is 36.0 Å². The number of hydrogen-bond acceptors (Lipinski definition) is 8. The first kappa shape index (κ1) is 22.2. The summed E-state index contributed by atoms with van der Waals surface area (Å²) < 4.78 is 29.3. The van der Waals surface area contributed by atoms with Crippen LogP contribution in [0.1, 0.15) is 18.5 Å². The summed E-state index contributed by atoms with van der Waals surface area (Å²) in [7, 11) is -3.70. The molecule has 2 aliphatic heterocycles. The Morgan fingerprint density at radius 2 is 1.41 bits per heavy atom. The summed E-state index contributed by atoms with van der Waals surface area (Å²) in [4.78, 5) is 27.1. The Morgan fingerprint density at radius 1 is 0.794 bits per heavy atom. The number of carbonyl (C=O) groups excluding carboxylic acids is 2. The summed E-state index contributed by atoms with van der Waals surface area (Å²) in [6, 6.07) is 11.5. The number of hydrogen-bond donors (Lipinski definition) is 0. The maximum atomic E-state index is 13.1. The summed E-state index contributed by atoms with van der Waals surface area (Å²) >= 11 is 0. The highest BCUT2D eigenvalue weighted by molar-refractivity contribution is 7.89. The Kier molecular flexibility index (Phi) is 5.62. The predicted octanol–water partition coefficient (Wildman–Crippen LogP) is 1.14. The van der Waals surface area contributed by atoms with Crippen molar-refractivity contribution >= 4 is 33.3 Å². The maximum absolute atomic E-state index is 13.1. The molecule has 0 bridgehead atoms. The molecule has 0 aliphatic carbocycles. The van der Waals surface area contributed by atoms with E-state index in [0.717, 1.165) is 10.6 Å². The molecule has 2 aliphatic rings. The first-order valence-corrected chi connectivity index (χ1v) is 12.3. The zero-order valence-corrected chi connectivity index (χ0v) is 19.3. The number of piperazine rings is 1. The second-order valence-corrected chi connectivity index (χ2v) is 10.1. The van der Waals surface area contributed by atoms with Crippen molar-refractivity contribution < 1.29 is 18.0 Å². The first-order valence-electron chi connectivity index (χ1n) is 10.9. The van der Waals surface area contributed by atoms with Crippen molar-refractivity contribution in [3.63, 3.8) is 0 Å². The van der Waals surface area contributed by atoms with Crippen molar-refractivity contribution in [2.45, 2.75) is 24.7 Å². The molecule has 11 nitrogen and oxygen atoms in total. The van der Waals surface area contributed by atoms with Crippen molar-refractivity contribution in [1.29, 1.82) is 0 Å². The molecule has 176 valence electrons. The molecule has 2 fully saturated rings. The number of aromatic nitrogens is 4. The highest BCUT2D eigenvalue weighted by Crippen LogP contribution is 2.26. The van der Waals surface area contributed by atoms with E-state index < -0.39 is 10.0 Å². The fourth-order valence-electron chi connectivity index (χ4n) is 4.09. The third kappa shape index (κ3) is 4.05. The zero-order valence-electron chi connectivity index (χ0n) is 18.5. The normalized spacial score (nSPS) is 17.6. The molecular weight excluding hydrogens is 458 g/mol. The molecule has 5 rings (SSSR count). The third-order valence-electron chi connectivity index (χ3n) is 5.94. The van der Waals surface area contributed by atoms with Crippen molar-refractivity contribution in [2.24, 2.45) is 0 Å². The fourth-order valence-corrected chi connectivity index (χ4v) is 5.51. The Balaban J connectivity index is 1.24. The van der Waals surface area contributed by atoms with Gasteiger partial charge in [-0.3, -0.25) is 14.5 Å². The third-order valence-corrected chi connectivity index (χ3v) is 7.85. The van der Waals surface area contributed by atoms with Gasteiger partial charge in [0.05, 0.1) is 16.3 Å². The topological polar surface area (TPSA) is 122 Å². The molecule has 0 saturated carbocycles. The van der Waals surface area contributed by atoms with Gasteiger partial charge in [-0.15, -0.1) is 10.2 Å². The van der Waals surface area contributed by atoms with Gasteiger partial charge in [-0.05, 0) is 49.4 Å². The van der Waals surface area contributed by atoms with Gasteiger partial charge in [0.1, 0.15) is 0 Å². The van der Waals surface area contributed by atoms with Crippen LogP contribution in [0, 0.1) is 6.92 Å². The van der Waals surface area contributed by atoms with Gasteiger partial charge in [0.25, 0.3) is 0 Å². The molecule has 0 atom stereocenters. The highest BCUT2D eigenvalue weighted by atomic mass is 32.2. The van der Waals surface area contributed by atoms with E-state index in [-0.39, 0.29) is 29.6 Å². The minimum absolute atomic E-state index is 0.127. The Morgan fingerprint density at radius 3 is 1.97 bits per heavy atom. The molecule has 12 heteroatoms. The SMILES string of the molecule is Cc1ccn(-c2ccc(N3CCN(S(=O)(=O)c4ccc(N5C(=O)CCC5=O)cc4)CC3)nn2)n1. The minimum atomic E-state index is -3.70. The molecule has 0 spiro atoms. The molecule has 0 radical (unpaired) electrons. The van der Waals surface area contributed by atoms with Gasteiger partial charge in [-0.2, -0.15) is 9.40 Å². The average Bonchev–Trinajstić information content (AvgIpc) is 3.44. The largest absolute Gasteiger partial charge is 0.352 e. The molecule has 4 heterocycles. The quantitative estimate of drug-likeness (QED) is 0.497. The summed E-state index contributed by atoms with van der Waals surface area (Å²) in [5.41, 5.74) is 1.28. The van der Waals surface area contributed by atoms with Crippen LogP contribution in [0.5, 0.6) is 0 Å². The molecule has 0 unspecified atom stereocenters. The maximum Gasteiger partial charge on any atom is 0.243 e. The van der Waals surface area contributed by atoms with E-state index in [1.54, 1.807) is 4.68 Å². The lowest BCUT2D eigenvalue weighted by Gasteiger charge is -2.34. The highest BCUT2D eigenvalue weighted by Gasteiger charge is 2.32. The van der Waals surface area contributed by atoms with Crippen LogP contribution in [-0.2, 0) is 19.6 Å². The molecular formula is C22H23N7O4S. The van der Waals surface area contributed by atoms with Gasteiger partial charge in [0.15, 0.2) is 11.6 Å². The van der Waals surface area contributed by atoms with Crippen LogP contribution in [0.3, 0.4) is 0 Å². The number of benzene rings is 1. The number of amides is 2. The monoisotopic (exact) mass is 481 g/mol. The first-order chi connectivity index (χ1) is 16.3. The van der Waals surface area contributed by atoms with E-state index in [1.807, 2.05) is 36.2 Å². The van der Waals surface area contributed by atoms with Crippen LogP contribution in [0.4, 0.5) is 11.5 Å². The van der Waals surface area contributed by atoms with Crippen molar-refractivity contribution in [3.05, 3.63) is 54.4 Å². The lowest BCUT2D eigenvalue weighted by molar-refractivity contribution is -0.121. The number of nitrogens with zero attached hydrogens (tertiary/aromatic N) is 7. The van der Waals surface area contributed by atoms with E-state index in [2.05, 4.69) is 15.3 Å². The molecule has 2 aromatic heterocycles. The van der Waals surface area contributed by atoms with E-state index in [0.29, 0.717) is 43.5 Å². The lowest BCUT2D eigenvalue weighted by atomic mass is 10.3. The molecule has 2 saturated heterocycles. The fraction of sp³-hybridized carbons (Fsp3) is 0.318. The van der Waals surface area contributed by atoms with Crippen LogP contribution in [0.2, 0.25) is 0 Å². The van der Waals surface area contributed by atoms with Gasteiger partial charge in [-0.1, -0.05) is 0 Å². The number of anilines is 2. The van der Waals surface area contributed by atoms with Gasteiger partial charge < -0.3 is 4.90 Å². The number of carbonyl (C=O) groups is 2. The Bertz CT molecular complexity index is 1310. The van der Waals surface area contributed by atoms with Crippen LogP contribution in [-0.4, -0.2) is 70.7 Å². The average molecular weight is 482 g/mol. The van der Waals surface area contributed by atoms with Crippen LogP contribution >= 0.6 is 0 Å². The number of rotatable bonds is 5. The standard InChI is InChI=1S/C22H23N7O4S/c1-16-10-11-28(25-16)20-7-6-19(23-24-20)26-12-14-27(15-13-26)34(32,33)18-4-2-17(3-5-18)29-21(30)8-9-22(29)31/h2-7,10-11H,8-9,12-15H2,1H3. The number of aryl methyl sites for hydroxylation is 1. The Hall–Kier alpha value is -3.64. The van der Waals surface area contributed by atoms with Crippen LogP contribution < -0.4 is 9.80 Å². The predicted molar refractivity (Wildman–Crippen MR) is 123 cm³/mol. The summed E-state index contributed by atoms with van der Waals surface area (Å²) in [5.74, 6) is 0.744. The van der Waals surface area contributed by atoms with Gasteiger partial charge in [-0.25, -0.2) is 13.1 Å². The minimum Gasteiger partial charge on any atom is -0.352 e. The number of sulfonamides is 1. The molecule has 2 amide bonds. The van der Waals surface area contributed by atoms with E-state index in [4.69, 9.17) is 0 Å². The lowest BCUT2D eigenvalue weighted by Crippen LogP contribution is -2.49. The summed E-state index contributed by atoms with van der Waals surface area (Å²) in [6.45, 7) is 3.45. The van der Waals surface area contributed by atoms with E-state index in [9.17, 15) is 18.0 Å². The second kappa shape index (κ2) is 8.61. The zero-order chi connectivity index (χ0) is 23.9. The Labute approximate surface area is 196 Å². The molecule has 3 aromatic rings. The summed E-state index contributed by atoms with van der Waals surface area (Å²) in [5, 5.41) is 12.8. The van der Waals surface area contributed by atoms with Crippen LogP contribution in [0.15, 0.2) is 53.6 Å². The summed E-state index contributed by atoms with van der Waals surface area (Å²) in [6.07, 6.45) is 2.18. The van der Waals surface area contributed by atoms with E-state index in [1.165, 1.54) is 28.6 Å². The molecule has 0 N–H and O–H groups in total. The second-order valence-electron chi connectivity index (χ2n) is 8.16.